The quantitative estimate of drug-likeness (QED) is 0.272. The van der Waals surface area contributed by atoms with Gasteiger partial charge in [0.05, 0.1) is 23.1 Å². The number of rotatable bonds is 5. The maximum atomic E-state index is 13.9. The molecule has 0 spiro atoms. The monoisotopic (exact) mass is 584 g/mol. The van der Waals surface area contributed by atoms with E-state index in [-0.39, 0.29) is 28.7 Å². The van der Waals surface area contributed by atoms with Crippen LogP contribution in [-0.4, -0.2) is 32.4 Å². The van der Waals surface area contributed by atoms with E-state index in [1.54, 1.807) is 26.8 Å². The average Bonchev–Trinajstić information content (AvgIpc) is 3.28. The van der Waals surface area contributed by atoms with Gasteiger partial charge in [0.15, 0.2) is 5.69 Å². The van der Waals surface area contributed by atoms with Crippen LogP contribution in [-0.2, 0) is 21.0 Å². The van der Waals surface area contributed by atoms with Crippen LogP contribution in [0.1, 0.15) is 48.4 Å². The van der Waals surface area contributed by atoms with E-state index in [0.717, 1.165) is 22.2 Å². The lowest BCUT2D eigenvalue weighted by molar-refractivity contribution is -0.147. The summed E-state index contributed by atoms with van der Waals surface area (Å²) in [4.78, 5) is 38.0. The van der Waals surface area contributed by atoms with Crippen molar-refractivity contribution in [2.24, 2.45) is 0 Å². The molecule has 1 N–H and O–H groups in total. The number of hydrogen-bond acceptors (Lipinski definition) is 7. The Hall–Kier alpha value is -3.40. The van der Waals surface area contributed by atoms with Crippen molar-refractivity contribution in [2.45, 2.75) is 44.2 Å². The van der Waals surface area contributed by atoms with E-state index in [0.29, 0.717) is 21.1 Å². The third kappa shape index (κ3) is 5.66. The molecule has 4 aromatic rings. The van der Waals surface area contributed by atoms with E-state index in [2.05, 4.69) is 15.3 Å². The van der Waals surface area contributed by atoms with Crippen molar-refractivity contribution in [3.8, 4) is 0 Å². The van der Waals surface area contributed by atoms with E-state index in [4.69, 9.17) is 32.9 Å². The molecule has 1 aromatic carbocycles. The van der Waals surface area contributed by atoms with Gasteiger partial charge in [-0.1, -0.05) is 29.8 Å². The Balaban J connectivity index is 1.54. The number of halogens is 3. The maximum absolute atomic E-state index is 13.9. The lowest BCUT2D eigenvalue weighted by atomic mass is 9.91. The molecule has 1 unspecified atom stereocenters. The smallest absolute Gasteiger partial charge is 0.335 e. The van der Waals surface area contributed by atoms with Crippen LogP contribution in [0, 0.1) is 5.82 Å². The van der Waals surface area contributed by atoms with Crippen molar-refractivity contribution in [1.29, 1.82) is 0 Å². The Morgan fingerprint density at radius 2 is 1.95 bits per heavy atom. The summed E-state index contributed by atoms with van der Waals surface area (Å²) in [5, 5.41) is 4.89. The minimum atomic E-state index is -1.32. The number of pyridine rings is 2. The van der Waals surface area contributed by atoms with E-state index < -0.39 is 28.2 Å². The Morgan fingerprint density at radius 1 is 1.18 bits per heavy atom. The number of carbonyl (C=O) groups is 2. The molecule has 3 aromatic heterocycles. The third-order valence-electron chi connectivity index (χ3n) is 5.93. The molecule has 5 rings (SSSR count). The van der Waals surface area contributed by atoms with Crippen LogP contribution in [0.3, 0.4) is 0 Å². The summed E-state index contributed by atoms with van der Waals surface area (Å²) in [6, 6.07) is 12.2. The standard InChI is InChI=1S/C28H23Cl2FN4O3S/c1-27(2,3)38-25(37)17-12-28(30,13-20-16(17)11-15-7-4-5-9-19(15)34-20)26-35-22(23(29)39-26)24(36)33-14-21-18(31)8-6-10-32-21/h4-11,13H,12,14H2,1-3H3,(H,33,36). The number of amides is 1. The maximum Gasteiger partial charge on any atom is 0.335 e. The van der Waals surface area contributed by atoms with Gasteiger partial charge in [0, 0.05) is 28.8 Å². The lowest BCUT2D eigenvalue weighted by Gasteiger charge is -2.27. The van der Waals surface area contributed by atoms with Crippen LogP contribution in [0.5, 0.6) is 0 Å². The molecule has 0 saturated carbocycles. The Morgan fingerprint density at radius 3 is 2.69 bits per heavy atom. The summed E-state index contributed by atoms with van der Waals surface area (Å²) in [5.74, 6) is -1.66. The molecule has 0 saturated heterocycles. The Kier molecular flexibility index (Phi) is 7.17. The van der Waals surface area contributed by atoms with Crippen molar-refractivity contribution in [3.05, 3.63) is 85.8 Å². The zero-order valence-electron chi connectivity index (χ0n) is 21.2. The van der Waals surface area contributed by atoms with Crippen LogP contribution in [0.4, 0.5) is 4.39 Å². The predicted molar refractivity (Wildman–Crippen MR) is 149 cm³/mol. The fourth-order valence-electron chi connectivity index (χ4n) is 4.18. The van der Waals surface area contributed by atoms with Crippen molar-refractivity contribution in [1.82, 2.24) is 20.3 Å². The number of carbonyl (C=O) groups excluding carboxylic acids is 2. The second kappa shape index (κ2) is 10.3. The molecule has 1 aliphatic rings. The summed E-state index contributed by atoms with van der Waals surface area (Å²) in [7, 11) is 0. The fourth-order valence-corrected chi connectivity index (χ4v) is 5.76. The van der Waals surface area contributed by atoms with Gasteiger partial charge in [-0.3, -0.25) is 9.78 Å². The van der Waals surface area contributed by atoms with E-state index in [1.165, 1.54) is 18.3 Å². The first kappa shape index (κ1) is 27.2. The van der Waals surface area contributed by atoms with E-state index >= 15 is 0 Å². The number of aromatic nitrogens is 3. The molecular formula is C28H23Cl2FN4O3S. The van der Waals surface area contributed by atoms with Gasteiger partial charge in [-0.25, -0.2) is 19.2 Å². The molecule has 7 nitrogen and oxygen atoms in total. The normalized spacial score (nSPS) is 16.9. The number of thiazole rings is 1. The predicted octanol–water partition coefficient (Wildman–Crippen LogP) is 4.62. The molecule has 11 heteroatoms. The number of fused-ring (bicyclic) bond motifs is 2. The van der Waals surface area contributed by atoms with Gasteiger partial charge in [0.1, 0.15) is 25.6 Å². The molecule has 0 fully saturated rings. The minimum Gasteiger partial charge on any atom is -0.457 e. The third-order valence-corrected chi connectivity index (χ3v) is 7.90. The van der Waals surface area contributed by atoms with Crippen molar-refractivity contribution >= 4 is 69.0 Å². The number of benzene rings is 1. The molecule has 0 aliphatic heterocycles. The molecule has 200 valence electrons. The van der Waals surface area contributed by atoms with Gasteiger partial charge in [-0.2, -0.15) is 0 Å². The second-order valence-electron chi connectivity index (χ2n) is 10.0. The SMILES string of the molecule is CC(C)(C)OC(=O)C1=c2cc3ccccc3nc2=CC(Cl)(c2nc(C(=O)NCc3ncccc3F)c(Cl)s2)C1. The van der Waals surface area contributed by atoms with Gasteiger partial charge in [0.25, 0.3) is 5.91 Å². The van der Waals surface area contributed by atoms with E-state index in [9.17, 15) is 14.0 Å². The number of alkyl halides is 1. The van der Waals surface area contributed by atoms with Gasteiger partial charge in [-0.15, -0.1) is 22.9 Å². The molecule has 39 heavy (non-hydrogen) atoms. The van der Waals surface area contributed by atoms with Crippen LogP contribution in [0.15, 0.2) is 48.7 Å². The van der Waals surface area contributed by atoms with Crippen LogP contribution >= 0.6 is 34.5 Å². The highest BCUT2D eigenvalue weighted by molar-refractivity contribution is 7.16. The lowest BCUT2D eigenvalue weighted by Crippen LogP contribution is -2.42. The van der Waals surface area contributed by atoms with Gasteiger partial charge >= 0.3 is 5.97 Å². The topological polar surface area (TPSA) is 94.1 Å². The molecule has 1 amide bonds. The molecule has 3 heterocycles. The number of nitrogens with zero attached hydrogens (tertiary/aromatic N) is 3. The fraction of sp³-hybridized carbons (Fsp3) is 0.250. The molecular weight excluding hydrogens is 562 g/mol. The molecule has 1 aliphatic carbocycles. The number of para-hydroxylation sites is 1. The first-order valence-electron chi connectivity index (χ1n) is 12.0. The van der Waals surface area contributed by atoms with Gasteiger partial charge < -0.3 is 10.1 Å². The summed E-state index contributed by atoms with van der Waals surface area (Å²) in [6.45, 7) is 5.22. The number of ether oxygens (including phenoxy) is 1. The van der Waals surface area contributed by atoms with Crippen LogP contribution in [0.2, 0.25) is 4.34 Å². The summed E-state index contributed by atoms with van der Waals surface area (Å²) in [6.07, 6.45) is 3.20. The molecule has 1 atom stereocenters. The van der Waals surface area contributed by atoms with Crippen LogP contribution < -0.4 is 15.9 Å². The largest absolute Gasteiger partial charge is 0.457 e. The zero-order chi connectivity index (χ0) is 27.9. The summed E-state index contributed by atoms with van der Waals surface area (Å²) < 4.78 is 19.7. The average molecular weight is 585 g/mol. The zero-order valence-corrected chi connectivity index (χ0v) is 23.5. The van der Waals surface area contributed by atoms with Gasteiger partial charge in [0.2, 0.25) is 0 Å². The minimum absolute atomic E-state index is 0.0422. The summed E-state index contributed by atoms with van der Waals surface area (Å²) >= 11 is 14.6. The van der Waals surface area contributed by atoms with Crippen molar-refractivity contribution < 1.29 is 18.7 Å². The molecule has 0 bridgehead atoms. The Bertz CT molecular complexity index is 1750. The summed E-state index contributed by atoms with van der Waals surface area (Å²) in [5.41, 5.74) is 0.374. The highest BCUT2D eigenvalue weighted by Crippen LogP contribution is 2.43. The molecule has 0 radical (unpaired) electrons. The highest BCUT2D eigenvalue weighted by Gasteiger charge is 2.39. The van der Waals surface area contributed by atoms with Crippen molar-refractivity contribution in [3.63, 3.8) is 0 Å². The Labute approximate surface area is 237 Å². The number of nitrogens with one attached hydrogen (secondary N) is 1. The first-order valence-corrected chi connectivity index (χ1v) is 13.6. The second-order valence-corrected chi connectivity index (χ2v) is 12.3. The highest BCUT2D eigenvalue weighted by atomic mass is 35.5. The van der Waals surface area contributed by atoms with Crippen molar-refractivity contribution in [2.75, 3.05) is 0 Å². The van der Waals surface area contributed by atoms with Gasteiger partial charge in [-0.05, 0) is 51.1 Å². The number of esters is 1. The van der Waals surface area contributed by atoms with Crippen LogP contribution in [0.25, 0.3) is 22.6 Å². The van der Waals surface area contributed by atoms with E-state index in [1.807, 2.05) is 30.3 Å². The number of hydrogen-bond donors (Lipinski definition) is 1. The first-order chi connectivity index (χ1) is 18.4.